The fourth-order valence-electron chi connectivity index (χ4n) is 2.43. The Hall–Kier alpha value is -1.55. The molecule has 1 aliphatic heterocycles. The summed E-state index contributed by atoms with van der Waals surface area (Å²) in [4.78, 5) is 4.26. The maximum absolute atomic E-state index is 4.48. The minimum absolute atomic E-state index is 0. The Balaban J connectivity index is 0.00000120. The molecule has 0 unspecified atom stereocenters. The lowest BCUT2D eigenvalue weighted by atomic mass is 10.0. The summed E-state index contributed by atoms with van der Waals surface area (Å²) in [5.74, 6) is 0.791. The average molecular weight is 265 g/mol. The number of guanidine groups is 1. The number of hydrazone groups is 1. The minimum atomic E-state index is 0. The van der Waals surface area contributed by atoms with Crippen LogP contribution in [0.15, 0.2) is 28.3 Å². The first-order valence-electron chi connectivity index (χ1n) is 6.04. The molecule has 0 saturated carbocycles. The van der Waals surface area contributed by atoms with E-state index in [1.807, 2.05) is 0 Å². The molecule has 0 fully saturated rings. The van der Waals surface area contributed by atoms with Gasteiger partial charge < -0.3 is 5.32 Å². The second-order valence-electron chi connectivity index (χ2n) is 4.44. The summed E-state index contributed by atoms with van der Waals surface area (Å²) in [6.45, 7) is 3.89. The predicted molar refractivity (Wildman–Crippen MR) is 76.7 cm³/mol. The molecular formula is C13H17ClN4. The Morgan fingerprint density at radius 1 is 1.33 bits per heavy atom. The van der Waals surface area contributed by atoms with Crippen LogP contribution in [-0.4, -0.2) is 24.8 Å². The van der Waals surface area contributed by atoms with E-state index in [0.717, 1.165) is 37.6 Å². The van der Waals surface area contributed by atoms with Crippen molar-refractivity contribution in [3.63, 3.8) is 0 Å². The van der Waals surface area contributed by atoms with Gasteiger partial charge in [0, 0.05) is 12.1 Å². The van der Waals surface area contributed by atoms with Gasteiger partial charge in [-0.25, -0.2) is 10.4 Å². The smallest absolute Gasteiger partial charge is 0.212 e. The van der Waals surface area contributed by atoms with Crippen LogP contribution in [0.25, 0.3) is 0 Å². The van der Waals surface area contributed by atoms with Crippen molar-refractivity contribution in [2.75, 3.05) is 13.1 Å². The quantitative estimate of drug-likeness (QED) is 0.758. The van der Waals surface area contributed by atoms with E-state index in [1.165, 1.54) is 16.7 Å². The van der Waals surface area contributed by atoms with E-state index >= 15 is 0 Å². The predicted octanol–water partition coefficient (Wildman–Crippen LogP) is 1.62. The van der Waals surface area contributed by atoms with Crippen molar-refractivity contribution < 1.29 is 0 Å². The molecule has 1 heterocycles. The van der Waals surface area contributed by atoms with Gasteiger partial charge in [0.2, 0.25) is 5.96 Å². The number of rotatable bonds is 1. The van der Waals surface area contributed by atoms with E-state index in [0.29, 0.717) is 0 Å². The van der Waals surface area contributed by atoms with Gasteiger partial charge in [-0.15, -0.1) is 12.4 Å². The number of aryl methyl sites for hydroxylation is 2. The molecule has 0 amide bonds. The highest BCUT2D eigenvalue weighted by Crippen LogP contribution is 2.25. The zero-order chi connectivity index (χ0) is 11.7. The van der Waals surface area contributed by atoms with Crippen LogP contribution in [0.3, 0.4) is 0 Å². The number of hydrogen-bond acceptors (Lipinski definition) is 4. The van der Waals surface area contributed by atoms with Crippen molar-refractivity contribution in [1.29, 1.82) is 0 Å². The van der Waals surface area contributed by atoms with Gasteiger partial charge >= 0.3 is 0 Å². The van der Waals surface area contributed by atoms with Crippen LogP contribution < -0.4 is 10.7 Å². The normalized spacial score (nSPS) is 18.9. The average Bonchev–Trinajstić information content (AvgIpc) is 2.95. The van der Waals surface area contributed by atoms with Crippen LogP contribution in [-0.2, 0) is 6.42 Å². The maximum Gasteiger partial charge on any atom is 0.212 e. The molecule has 0 saturated heterocycles. The number of nitrogens with zero attached hydrogens (tertiary/aromatic N) is 2. The Morgan fingerprint density at radius 2 is 2.22 bits per heavy atom. The SMILES string of the molecule is Cc1cccc2c1C(=NNC1=NCCN1)CC2.Cl. The molecule has 5 heteroatoms. The molecule has 0 aromatic heterocycles. The molecule has 2 N–H and O–H groups in total. The molecular weight excluding hydrogens is 248 g/mol. The first-order valence-corrected chi connectivity index (χ1v) is 6.04. The number of benzene rings is 1. The molecule has 1 aromatic carbocycles. The highest BCUT2D eigenvalue weighted by Gasteiger charge is 2.19. The third-order valence-electron chi connectivity index (χ3n) is 3.25. The summed E-state index contributed by atoms with van der Waals surface area (Å²) >= 11 is 0. The van der Waals surface area contributed by atoms with Crippen molar-refractivity contribution in [2.24, 2.45) is 10.1 Å². The van der Waals surface area contributed by atoms with Gasteiger partial charge in [-0.3, -0.25) is 0 Å². The van der Waals surface area contributed by atoms with Crippen LogP contribution in [0.4, 0.5) is 0 Å². The van der Waals surface area contributed by atoms with E-state index in [-0.39, 0.29) is 12.4 Å². The van der Waals surface area contributed by atoms with Gasteiger partial charge in [0.25, 0.3) is 0 Å². The molecule has 0 bridgehead atoms. The lowest BCUT2D eigenvalue weighted by Gasteiger charge is -2.06. The van der Waals surface area contributed by atoms with Gasteiger partial charge in [-0.2, -0.15) is 5.10 Å². The first-order chi connectivity index (χ1) is 8.34. The molecule has 0 atom stereocenters. The van der Waals surface area contributed by atoms with Gasteiger partial charge in [0.1, 0.15) is 0 Å². The third kappa shape index (κ3) is 2.34. The zero-order valence-electron chi connectivity index (χ0n) is 10.4. The number of aliphatic imine (C=N–C) groups is 1. The van der Waals surface area contributed by atoms with E-state index < -0.39 is 0 Å². The molecule has 2 aliphatic rings. The van der Waals surface area contributed by atoms with E-state index in [4.69, 9.17) is 0 Å². The molecule has 96 valence electrons. The van der Waals surface area contributed by atoms with Crippen LogP contribution in [0.1, 0.15) is 23.1 Å². The fraction of sp³-hybridized carbons (Fsp3) is 0.385. The van der Waals surface area contributed by atoms with E-state index in [9.17, 15) is 0 Å². The summed E-state index contributed by atoms with van der Waals surface area (Å²) in [5, 5.41) is 7.63. The second kappa shape index (κ2) is 5.40. The van der Waals surface area contributed by atoms with Gasteiger partial charge in [-0.05, 0) is 30.9 Å². The Bertz CT molecular complexity index is 508. The fourth-order valence-corrected chi connectivity index (χ4v) is 2.43. The highest BCUT2D eigenvalue weighted by molar-refractivity contribution is 6.06. The summed E-state index contributed by atoms with van der Waals surface area (Å²) in [6.07, 6.45) is 2.11. The highest BCUT2D eigenvalue weighted by atomic mass is 35.5. The summed E-state index contributed by atoms with van der Waals surface area (Å²) in [6, 6.07) is 6.45. The van der Waals surface area contributed by atoms with Crippen molar-refractivity contribution >= 4 is 24.1 Å². The standard InChI is InChI=1S/C13H16N4.ClH/c1-9-3-2-4-10-5-6-11(12(9)10)16-17-13-14-7-8-15-13;/h2-4H,5-8H2,1H3,(H2,14,15,17);1H. The molecule has 3 rings (SSSR count). The van der Waals surface area contributed by atoms with Crippen molar-refractivity contribution in [3.8, 4) is 0 Å². The largest absolute Gasteiger partial charge is 0.353 e. The third-order valence-corrected chi connectivity index (χ3v) is 3.25. The number of hydrogen-bond donors (Lipinski definition) is 2. The van der Waals surface area contributed by atoms with Crippen LogP contribution >= 0.6 is 12.4 Å². The topological polar surface area (TPSA) is 48.8 Å². The second-order valence-corrected chi connectivity index (χ2v) is 4.44. The maximum atomic E-state index is 4.48. The Kier molecular flexibility index (Phi) is 3.87. The number of fused-ring (bicyclic) bond motifs is 1. The van der Waals surface area contributed by atoms with Gasteiger partial charge in [0.15, 0.2) is 0 Å². The molecule has 1 aromatic rings. The Morgan fingerprint density at radius 3 is 3.00 bits per heavy atom. The van der Waals surface area contributed by atoms with Gasteiger partial charge in [0.05, 0.1) is 12.3 Å². The van der Waals surface area contributed by atoms with Crippen molar-refractivity contribution in [1.82, 2.24) is 10.7 Å². The lowest BCUT2D eigenvalue weighted by molar-refractivity contribution is 0.913. The molecule has 18 heavy (non-hydrogen) atoms. The van der Waals surface area contributed by atoms with Crippen LogP contribution in [0, 0.1) is 6.92 Å². The summed E-state index contributed by atoms with van der Waals surface area (Å²) in [5.41, 5.74) is 8.20. The minimum Gasteiger partial charge on any atom is -0.353 e. The lowest BCUT2D eigenvalue weighted by Crippen LogP contribution is -2.30. The molecule has 1 aliphatic carbocycles. The van der Waals surface area contributed by atoms with Gasteiger partial charge in [-0.1, -0.05) is 18.2 Å². The molecule has 0 spiro atoms. The summed E-state index contributed by atoms with van der Waals surface area (Å²) < 4.78 is 0. The number of nitrogens with one attached hydrogen (secondary N) is 2. The Labute approximate surface area is 113 Å². The molecule has 0 radical (unpaired) electrons. The van der Waals surface area contributed by atoms with Crippen molar-refractivity contribution in [3.05, 3.63) is 34.9 Å². The number of halogens is 1. The van der Waals surface area contributed by atoms with E-state index in [1.54, 1.807) is 0 Å². The molecule has 4 nitrogen and oxygen atoms in total. The van der Waals surface area contributed by atoms with Crippen molar-refractivity contribution in [2.45, 2.75) is 19.8 Å². The zero-order valence-corrected chi connectivity index (χ0v) is 11.2. The summed E-state index contributed by atoms with van der Waals surface area (Å²) in [7, 11) is 0. The monoisotopic (exact) mass is 264 g/mol. The first kappa shape index (κ1) is 12.9. The van der Waals surface area contributed by atoms with Crippen LogP contribution in [0.2, 0.25) is 0 Å². The van der Waals surface area contributed by atoms with Crippen LogP contribution in [0.5, 0.6) is 0 Å². The van der Waals surface area contributed by atoms with E-state index in [2.05, 4.69) is 46.0 Å².